The molecular weight excluding hydrogens is 650 g/mol. The number of ether oxygens (including phenoxy) is 3. The zero-order valence-electron chi connectivity index (χ0n) is 28.9. The number of cyclic esters (lactones) is 1. The molecule has 1 saturated heterocycles. The van der Waals surface area contributed by atoms with Gasteiger partial charge in [0.2, 0.25) is 5.78 Å². The number of morpholine rings is 1. The molecule has 5 aliphatic rings. The standard InChI is InChI=1S/C22H22O6.C19H17NO3/c1-5-26-20-22(4)15-10(2)8-21(3)12(6-7-13(21)23)14(15)17(24)18-16(22)11(9-27-18)19(25)28-20;21-17-13-18(20-9-11-22-12-10-20)23-19-15(7-4-8-16(17)19)14-5-2-1-3-6-14/h5,9-10,12,20H,1,6-8H2,2-4H3;1-8,13H,9-12H2/t10-,12?,20+,21+,22-;/m1./s1. The number of carbonyl (C=O) groups excluding carboxylic acids is 3. The average molecular weight is 690 g/mol. The molecule has 4 aromatic rings. The quantitative estimate of drug-likeness (QED) is 0.163. The van der Waals surface area contributed by atoms with Crippen molar-refractivity contribution in [2.45, 2.75) is 51.7 Å². The highest BCUT2D eigenvalue weighted by Gasteiger charge is 2.63. The largest absolute Gasteiger partial charge is 0.462 e. The van der Waals surface area contributed by atoms with Crippen LogP contribution in [0.25, 0.3) is 22.1 Å². The van der Waals surface area contributed by atoms with E-state index in [4.69, 9.17) is 23.0 Å². The molecule has 9 rings (SSSR count). The van der Waals surface area contributed by atoms with E-state index in [2.05, 4.69) is 11.5 Å². The fraction of sp³-hybridized carbons (Fsp3) is 0.366. The van der Waals surface area contributed by atoms with Crippen LogP contribution < -0.4 is 10.3 Å². The van der Waals surface area contributed by atoms with Gasteiger partial charge in [-0.05, 0) is 42.9 Å². The zero-order chi connectivity index (χ0) is 35.7. The first-order valence-electron chi connectivity index (χ1n) is 17.4. The van der Waals surface area contributed by atoms with Gasteiger partial charge in [-0.3, -0.25) is 14.4 Å². The lowest BCUT2D eigenvalue weighted by molar-refractivity contribution is -0.128. The van der Waals surface area contributed by atoms with E-state index in [9.17, 15) is 19.2 Å². The number of benzene rings is 2. The van der Waals surface area contributed by atoms with Gasteiger partial charge in [-0.15, -0.1) is 0 Å². The maximum atomic E-state index is 13.5. The Kier molecular flexibility index (Phi) is 7.90. The van der Waals surface area contributed by atoms with Crippen LogP contribution in [0, 0.1) is 17.3 Å². The molecule has 0 spiro atoms. The summed E-state index contributed by atoms with van der Waals surface area (Å²) >= 11 is 0. The van der Waals surface area contributed by atoms with Gasteiger partial charge >= 0.3 is 5.97 Å². The molecule has 0 amide bonds. The number of esters is 1. The van der Waals surface area contributed by atoms with Crippen LogP contribution in [0.15, 0.2) is 98.5 Å². The molecule has 51 heavy (non-hydrogen) atoms. The van der Waals surface area contributed by atoms with Crippen molar-refractivity contribution in [3.05, 3.63) is 112 Å². The lowest BCUT2D eigenvalue weighted by Gasteiger charge is -2.51. The summed E-state index contributed by atoms with van der Waals surface area (Å²) in [6.07, 6.45) is 3.40. The van der Waals surface area contributed by atoms with E-state index in [1.165, 1.54) is 12.5 Å². The fourth-order valence-corrected chi connectivity index (χ4v) is 9.23. The summed E-state index contributed by atoms with van der Waals surface area (Å²) in [5.74, 6) is 0.0214. The van der Waals surface area contributed by atoms with E-state index in [1.807, 2.05) is 69.3 Å². The van der Waals surface area contributed by atoms with Crippen molar-refractivity contribution in [2.24, 2.45) is 17.3 Å². The minimum Gasteiger partial charge on any atom is -0.462 e. The van der Waals surface area contributed by atoms with E-state index in [0.717, 1.165) is 29.8 Å². The van der Waals surface area contributed by atoms with Crippen LogP contribution in [-0.4, -0.2) is 50.1 Å². The highest BCUT2D eigenvalue weighted by molar-refractivity contribution is 6.14. The third-order valence-corrected chi connectivity index (χ3v) is 11.5. The monoisotopic (exact) mass is 689 g/mol. The van der Waals surface area contributed by atoms with Crippen molar-refractivity contribution in [2.75, 3.05) is 31.2 Å². The number of Topliss-reactive ketones (excluding diaryl/α,β-unsaturated/α-hetero) is 2. The van der Waals surface area contributed by atoms with Crippen LogP contribution in [0.3, 0.4) is 0 Å². The van der Waals surface area contributed by atoms with Gasteiger partial charge in [-0.1, -0.05) is 62.9 Å². The van der Waals surface area contributed by atoms with E-state index in [1.54, 1.807) is 6.07 Å². The Morgan fingerprint density at radius 2 is 1.75 bits per heavy atom. The molecule has 2 aromatic carbocycles. The molecule has 1 saturated carbocycles. The predicted octanol–water partition coefficient (Wildman–Crippen LogP) is 7.01. The van der Waals surface area contributed by atoms with Crippen LogP contribution in [0.5, 0.6) is 0 Å². The Bertz CT molecular complexity index is 2190. The number of para-hydroxylation sites is 1. The molecule has 2 fully saturated rings. The lowest BCUT2D eigenvalue weighted by Crippen LogP contribution is -2.54. The van der Waals surface area contributed by atoms with E-state index < -0.39 is 23.1 Å². The fourth-order valence-electron chi connectivity index (χ4n) is 9.23. The van der Waals surface area contributed by atoms with Gasteiger partial charge in [-0.2, -0.15) is 0 Å². The van der Waals surface area contributed by atoms with Crippen molar-refractivity contribution in [3.8, 4) is 11.1 Å². The summed E-state index contributed by atoms with van der Waals surface area (Å²) in [5, 5.41) is 0.614. The molecule has 0 radical (unpaired) electrons. The molecule has 3 aliphatic carbocycles. The van der Waals surface area contributed by atoms with E-state index in [-0.39, 0.29) is 40.2 Å². The smallest absolute Gasteiger partial charge is 0.344 e. The maximum absolute atomic E-state index is 13.5. The topological polar surface area (TPSA) is 125 Å². The summed E-state index contributed by atoms with van der Waals surface area (Å²) in [5.41, 5.74) is 3.58. The lowest BCUT2D eigenvalue weighted by atomic mass is 9.53. The number of rotatable bonds is 4. The van der Waals surface area contributed by atoms with Gasteiger partial charge in [0, 0.05) is 53.6 Å². The Morgan fingerprint density at radius 3 is 2.49 bits per heavy atom. The summed E-state index contributed by atoms with van der Waals surface area (Å²) in [6, 6.07) is 17.3. The molecular formula is C41H39NO9. The van der Waals surface area contributed by atoms with Gasteiger partial charge in [0.25, 0.3) is 6.29 Å². The Hall–Kier alpha value is -5.22. The Morgan fingerprint density at radius 1 is 0.980 bits per heavy atom. The Labute approximate surface area is 294 Å². The SMILES string of the molecule is C=CO[C@H]1OC(=O)c2coc3c2[C@@]1(C)C1=C(C3=O)C2CCC(=O)[C@@]2(C)C[C@H]1C.O=c1cc(N2CCOCC2)oc2c(-c3ccccc3)cccc12. The average Bonchev–Trinajstić information content (AvgIpc) is 3.72. The van der Waals surface area contributed by atoms with E-state index in [0.29, 0.717) is 60.5 Å². The molecule has 10 heteroatoms. The Balaban J connectivity index is 0.000000150. The highest BCUT2D eigenvalue weighted by atomic mass is 16.7. The molecule has 2 aromatic heterocycles. The number of nitrogens with zero attached hydrogens (tertiary/aromatic N) is 1. The number of allylic oxidation sites excluding steroid dienone is 1. The second kappa shape index (κ2) is 12.2. The van der Waals surface area contributed by atoms with E-state index >= 15 is 0 Å². The van der Waals surface area contributed by atoms with Gasteiger partial charge < -0.3 is 27.9 Å². The van der Waals surface area contributed by atoms with Crippen molar-refractivity contribution >= 4 is 34.4 Å². The van der Waals surface area contributed by atoms with Crippen molar-refractivity contribution < 1.29 is 37.4 Å². The molecule has 262 valence electrons. The zero-order valence-corrected chi connectivity index (χ0v) is 28.9. The third kappa shape index (κ3) is 4.94. The second-order valence-corrected chi connectivity index (χ2v) is 14.4. The van der Waals surface area contributed by atoms with Gasteiger partial charge in [0.1, 0.15) is 23.2 Å². The van der Waals surface area contributed by atoms with Crippen molar-refractivity contribution in [1.82, 2.24) is 0 Å². The minimum absolute atomic E-state index is 0.00878. The summed E-state index contributed by atoms with van der Waals surface area (Å²) < 4.78 is 28.3. The first kappa shape index (κ1) is 33.0. The van der Waals surface area contributed by atoms with Crippen LogP contribution in [-0.2, 0) is 24.4 Å². The predicted molar refractivity (Wildman–Crippen MR) is 188 cm³/mol. The molecule has 10 nitrogen and oxygen atoms in total. The molecule has 0 N–H and O–H groups in total. The molecule has 5 atom stereocenters. The van der Waals surface area contributed by atoms with Crippen LogP contribution in [0.1, 0.15) is 66.5 Å². The number of furan rings is 1. The third-order valence-electron chi connectivity index (χ3n) is 11.5. The number of hydrogen-bond donors (Lipinski definition) is 0. The van der Waals surface area contributed by atoms with Gasteiger partial charge in [0.05, 0.1) is 30.3 Å². The van der Waals surface area contributed by atoms with Gasteiger partial charge in [-0.25, -0.2) is 4.79 Å². The number of carbonyl (C=O) groups is 3. The van der Waals surface area contributed by atoms with Crippen LogP contribution in [0.2, 0.25) is 0 Å². The number of fused-ring (bicyclic) bond motifs is 4. The normalized spacial score (nSPS) is 27.9. The second-order valence-electron chi connectivity index (χ2n) is 14.4. The minimum atomic E-state index is -0.941. The maximum Gasteiger partial charge on any atom is 0.344 e. The number of hydrogen-bond acceptors (Lipinski definition) is 10. The first-order valence-corrected chi connectivity index (χ1v) is 17.4. The van der Waals surface area contributed by atoms with Gasteiger partial charge in [0.15, 0.2) is 17.1 Å². The van der Waals surface area contributed by atoms with Crippen molar-refractivity contribution in [3.63, 3.8) is 0 Å². The summed E-state index contributed by atoms with van der Waals surface area (Å²) in [4.78, 5) is 53.3. The summed E-state index contributed by atoms with van der Waals surface area (Å²) in [6.45, 7) is 12.3. The molecule has 4 heterocycles. The molecule has 2 aliphatic heterocycles. The number of ketones is 2. The molecule has 0 bridgehead atoms. The first-order chi connectivity index (χ1) is 24.6. The highest BCUT2D eigenvalue weighted by Crippen LogP contribution is 2.62. The van der Waals surface area contributed by atoms with Crippen LogP contribution >= 0.6 is 0 Å². The number of anilines is 1. The molecule has 1 unspecified atom stereocenters. The van der Waals surface area contributed by atoms with Crippen molar-refractivity contribution in [1.29, 1.82) is 0 Å². The summed E-state index contributed by atoms with van der Waals surface area (Å²) in [7, 11) is 0. The van der Waals surface area contributed by atoms with Crippen LogP contribution in [0.4, 0.5) is 5.88 Å².